The van der Waals surface area contributed by atoms with Crippen LogP contribution in [0.1, 0.15) is 19.4 Å². The number of urea groups is 1. The average Bonchev–Trinajstić information content (AvgIpc) is 2.52. The molecule has 1 atom stereocenters. The Balaban J connectivity index is 2.47. The Morgan fingerprint density at radius 1 is 1.26 bits per heavy atom. The van der Waals surface area contributed by atoms with Gasteiger partial charge in [0.2, 0.25) is 5.91 Å². The summed E-state index contributed by atoms with van der Waals surface area (Å²) in [6, 6.07) is 8.02. The number of hydrogen-bond donors (Lipinski definition) is 1. The van der Waals surface area contributed by atoms with Crippen molar-refractivity contribution in [3.63, 3.8) is 0 Å². The molecule has 1 aliphatic heterocycles. The van der Waals surface area contributed by atoms with Crippen LogP contribution in [0.15, 0.2) is 47.7 Å². The number of imide groups is 1. The fraction of sp³-hybridized carbons (Fsp3) is 0.235. The van der Waals surface area contributed by atoms with Crippen LogP contribution in [0.25, 0.3) is 6.08 Å². The third-order valence-corrected chi connectivity index (χ3v) is 3.51. The lowest BCUT2D eigenvalue weighted by molar-refractivity contribution is -0.137. The molecule has 6 heteroatoms. The fourth-order valence-electron chi connectivity index (χ4n) is 2.44. The Labute approximate surface area is 134 Å². The molecule has 0 bridgehead atoms. The molecule has 1 aromatic rings. The highest BCUT2D eigenvalue weighted by molar-refractivity contribution is 6.01. The molecular formula is C17H18N2O4. The van der Waals surface area contributed by atoms with Crippen molar-refractivity contribution < 1.29 is 19.1 Å². The number of nitrogens with zero attached hydrogens (tertiary/aromatic N) is 1. The van der Waals surface area contributed by atoms with Gasteiger partial charge in [-0.1, -0.05) is 42.5 Å². The van der Waals surface area contributed by atoms with Gasteiger partial charge in [-0.2, -0.15) is 0 Å². The number of rotatable bonds is 3. The second-order valence-corrected chi connectivity index (χ2v) is 5.06. The first kappa shape index (κ1) is 16.5. The summed E-state index contributed by atoms with van der Waals surface area (Å²) in [4.78, 5) is 37.0. The van der Waals surface area contributed by atoms with E-state index in [1.807, 2.05) is 30.3 Å². The van der Waals surface area contributed by atoms with Crippen molar-refractivity contribution >= 4 is 24.0 Å². The number of ether oxygens (including phenoxy) is 1. The van der Waals surface area contributed by atoms with Crippen LogP contribution in [0.4, 0.5) is 4.79 Å². The maximum absolute atomic E-state index is 12.1. The summed E-state index contributed by atoms with van der Waals surface area (Å²) in [5.74, 6) is -1.05. The molecule has 1 N–H and O–H groups in total. The van der Waals surface area contributed by atoms with Gasteiger partial charge in [0.05, 0.1) is 18.7 Å². The Bertz CT molecular complexity index is 692. The minimum Gasteiger partial charge on any atom is -0.466 e. The van der Waals surface area contributed by atoms with Gasteiger partial charge in [-0.15, -0.1) is 0 Å². The van der Waals surface area contributed by atoms with Crippen molar-refractivity contribution in [2.75, 3.05) is 7.11 Å². The summed E-state index contributed by atoms with van der Waals surface area (Å²) in [7, 11) is 1.26. The number of carbonyl (C=O) groups is 3. The number of esters is 1. The number of amides is 3. The first-order valence-corrected chi connectivity index (χ1v) is 7.08. The molecular weight excluding hydrogens is 296 g/mol. The quantitative estimate of drug-likeness (QED) is 0.867. The predicted molar refractivity (Wildman–Crippen MR) is 85.0 cm³/mol. The predicted octanol–water partition coefficient (Wildman–Crippen LogP) is 2.09. The minimum atomic E-state index is -0.811. The maximum Gasteiger partial charge on any atom is 0.337 e. The molecule has 0 aromatic heterocycles. The summed E-state index contributed by atoms with van der Waals surface area (Å²) in [6.45, 7) is 2.88. The second kappa shape index (κ2) is 6.91. The highest BCUT2D eigenvalue weighted by Crippen LogP contribution is 2.23. The van der Waals surface area contributed by atoms with Gasteiger partial charge in [0.25, 0.3) is 0 Å². The van der Waals surface area contributed by atoms with E-state index >= 15 is 0 Å². The van der Waals surface area contributed by atoms with E-state index in [4.69, 9.17) is 4.74 Å². The molecule has 2 rings (SSSR count). The lowest BCUT2D eigenvalue weighted by atomic mass is 9.99. The lowest BCUT2D eigenvalue weighted by Crippen LogP contribution is -2.54. The highest BCUT2D eigenvalue weighted by atomic mass is 16.5. The topological polar surface area (TPSA) is 75.7 Å². The standard InChI is InChI=1S/C17H18N2O4/c1-11-15(16(21)23-3)14(19(12(2)20)17(22)18-11)10-9-13-7-5-4-6-8-13/h4-10,14H,1-3H3,(H,18,22). The second-order valence-electron chi connectivity index (χ2n) is 5.06. The van der Waals surface area contributed by atoms with E-state index in [1.54, 1.807) is 19.1 Å². The van der Waals surface area contributed by atoms with Gasteiger partial charge < -0.3 is 10.1 Å². The van der Waals surface area contributed by atoms with Crippen LogP contribution in [0.2, 0.25) is 0 Å². The summed E-state index contributed by atoms with van der Waals surface area (Å²) >= 11 is 0. The van der Waals surface area contributed by atoms with Crippen LogP contribution >= 0.6 is 0 Å². The molecule has 1 heterocycles. The van der Waals surface area contributed by atoms with Crippen LogP contribution in [-0.4, -0.2) is 36.0 Å². The van der Waals surface area contributed by atoms with Crippen LogP contribution in [0.3, 0.4) is 0 Å². The number of methoxy groups -OCH3 is 1. The first-order valence-electron chi connectivity index (χ1n) is 7.08. The molecule has 1 aromatic carbocycles. The smallest absolute Gasteiger partial charge is 0.337 e. The largest absolute Gasteiger partial charge is 0.466 e. The number of hydrogen-bond acceptors (Lipinski definition) is 4. The summed E-state index contributed by atoms with van der Waals surface area (Å²) in [6.07, 6.45) is 3.40. The molecule has 0 saturated carbocycles. The van der Waals surface area contributed by atoms with Crippen LogP contribution in [0.5, 0.6) is 0 Å². The molecule has 1 unspecified atom stereocenters. The van der Waals surface area contributed by atoms with E-state index in [-0.39, 0.29) is 5.57 Å². The molecule has 120 valence electrons. The van der Waals surface area contributed by atoms with Gasteiger partial charge in [0, 0.05) is 12.6 Å². The number of nitrogens with one attached hydrogen (secondary N) is 1. The van der Waals surface area contributed by atoms with Crippen LogP contribution in [0, 0.1) is 0 Å². The van der Waals surface area contributed by atoms with Crippen molar-refractivity contribution in [3.05, 3.63) is 53.2 Å². The summed E-state index contributed by atoms with van der Waals surface area (Å²) in [5.41, 5.74) is 1.50. The van der Waals surface area contributed by atoms with Gasteiger partial charge >= 0.3 is 12.0 Å². The van der Waals surface area contributed by atoms with E-state index in [2.05, 4.69) is 5.32 Å². The van der Waals surface area contributed by atoms with Crippen molar-refractivity contribution in [1.29, 1.82) is 0 Å². The SMILES string of the molecule is COC(=O)C1=C(C)NC(=O)N(C(C)=O)C1C=Cc1ccccc1. The molecule has 0 aliphatic carbocycles. The maximum atomic E-state index is 12.1. The van der Waals surface area contributed by atoms with Gasteiger partial charge in [-0.3, -0.25) is 9.69 Å². The zero-order chi connectivity index (χ0) is 17.0. The lowest BCUT2D eigenvalue weighted by Gasteiger charge is -2.33. The van der Waals surface area contributed by atoms with E-state index in [1.165, 1.54) is 14.0 Å². The summed E-state index contributed by atoms with van der Waals surface area (Å²) in [5, 5.41) is 2.52. The molecule has 23 heavy (non-hydrogen) atoms. The van der Waals surface area contributed by atoms with Gasteiger partial charge in [-0.05, 0) is 12.5 Å². The van der Waals surface area contributed by atoms with Crippen LogP contribution in [-0.2, 0) is 14.3 Å². The fourth-order valence-corrected chi connectivity index (χ4v) is 2.44. The normalized spacial score (nSPS) is 18.1. The van der Waals surface area contributed by atoms with Gasteiger partial charge in [0.15, 0.2) is 0 Å². The third-order valence-electron chi connectivity index (χ3n) is 3.51. The van der Waals surface area contributed by atoms with Crippen molar-refractivity contribution in [2.24, 2.45) is 0 Å². The summed E-state index contributed by atoms with van der Waals surface area (Å²) < 4.78 is 4.79. The van der Waals surface area contributed by atoms with Crippen molar-refractivity contribution in [3.8, 4) is 0 Å². The molecule has 0 fully saturated rings. The zero-order valence-electron chi connectivity index (χ0n) is 13.2. The number of carbonyl (C=O) groups excluding carboxylic acids is 3. The molecule has 1 aliphatic rings. The van der Waals surface area contributed by atoms with Gasteiger partial charge in [0.1, 0.15) is 0 Å². The first-order chi connectivity index (χ1) is 11.0. The third kappa shape index (κ3) is 3.48. The molecule has 0 saturated heterocycles. The van der Waals surface area contributed by atoms with Crippen LogP contribution < -0.4 is 5.32 Å². The minimum absolute atomic E-state index is 0.231. The van der Waals surface area contributed by atoms with E-state index < -0.39 is 23.9 Å². The Morgan fingerprint density at radius 2 is 1.91 bits per heavy atom. The monoisotopic (exact) mass is 314 g/mol. The Kier molecular flexibility index (Phi) is 4.95. The molecule has 0 spiro atoms. The zero-order valence-corrected chi connectivity index (χ0v) is 13.2. The molecule has 0 radical (unpaired) electrons. The van der Waals surface area contributed by atoms with Gasteiger partial charge in [-0.25, -0.2) is 9.59 Å². The van der Waals surface area contributed by atoms with E-state index in [0.29, 0.717) is 5.70 Å². The molecule has 6 nitrogen and oxygen atoms in total. The number of allylic oxidation sites excluding steroid dienone is 1. The van der Waals surface area contributed by atoms with Crippen molar-refractivity contribution in [2.45, 2.75) is 19.9 Å². The van der Waals surface area contributed by atoms with Crippen molar-refractivity contribution in [1.82, 2.24) is 10.2 Å². The highest BCUT2D eigenvalue weighted by Gasteiger charge is 2.37. The average molecular weight is 314 g/mol. The Morgan fingerprint density at radius 3 is 2.48 bits per heavy atom. The molecule has 3 amide bonds. The van der Waals surface area contributed by atoms with E-state index in [0.717, 1.165) is 10.5 Å². The van der Waals surface area contributed by atoms with E-state index in [9.17, 15) is 14.4 Å². The number of benzene rings is 1. The Hall–Kier alpha value is -2.89.